The molecule has 0 bridgehead atoms. The van der Waals surface area contributed by atoms with Crippen molar-refractivity contribution in [1.29, 1.82) is 0 Å². The summed E-state index contributed by atoms with van der Waals surface area (Å²) in [6, 6.07) is 6.09. The van der Waals surface area contributed by atoms with Crippen LogP contribution in [0.1, 0.15) is 18.5 Å². The fraction of sp³-hybridized carbons (Fsp3) is 0.438. The van der Waals surface area contributed by atoms with Gasteiger partial charge in [0.15, 0.2) is 5.43 Å². The molecule has 112 valence electrons. The normalized spacial score (nSPS) is 16.4. The van der Waals surface area contributed by atoms with Gasteiger partial charge in [-0.3, -0.25) is 4.79 Å². The van der Waals surface area contributed by atoms with E-state index in [0.29, 0.717) is 23.5 Å². The van der Waals surface area contributed by atoms with E-state index in [4.69, 9.17) is 4.74 Å². The molecule has 0 saturated carbocycles. The summed E-state index contributed by atoms with van der Waals surface area (Å²) in [7, 11) is 0. The number of rotatable bonds is 4. The fourth-order valence-electron chi connectivity index (χ4n) is 2.75. The van der Waals surface area contributed by atoms with Crippen LogP contribution in [0.2, 0.25) is 0 Å². The van der Waals surface area contributed by atoms with Gasteiger partial charge in [-0.25, -0.2) is 4.39 Å². The fourth-order valence-corrected chi connectivity index (χ4v) is 2.75. The second-order valence-corrected chi connectivity index (χ2v) is 5.51. The highest BCUT2D eigenvalue weighted by Crippen LogP contribution is 2.14. The zero-order valence-corrected chi connectivity index (χ0v) is 11.8. The predicted octanol–water partition coefficient (Wildman–Crippen LogP) is 2.18. The summed E-state index contributed by atoms with van der Waals surface area (Å²) in [5.41, 5.74) is 0.851. The lowest BCUT2D eigenvalue weighted by Gasteiger charge is -2.22. The average molecular weight is 290 g/mol. The molecule has 5 heteroatoms. The summed E-state index contributed by atoms with van der Waals surface area (Å²) in [5.74, 6) is 0.221. The van der Waals surface area contributed by atoms with Gasteiger partial charge in [-0.15, -0.1) is 0 Å². The summed E-state index contributed by atoms with van der Waals surface area (Å²) in [6.45, 7) is 3.08. The Morgan fingerprint density at radius 3 is 2.95 bits per heavy atom. The molecule has 1 fully saturated rings. The Hall–Kier alpha value is -1.72. The highest BCUT2D eigenvalue weighted by atomic mass is 19.1. The minimum absolute atomic E-state index is 0.147. The van der Waals surface area contributed by atoms with Crippen molar-refractivity contribution in [3.63, 3.8) is 0 Å². The van der Waals surface area contributed by atoms with Crippen LogP contribution in [-0.2, 0) is 11.3 Å². The van der Waals surface area contributed by atoms with Crippen LogP contribution >= 0.6 is 0 Å². The summed E-state index contributed by atoms with van der Waals surface area (Å²) >= 11 is 0. The first-order valence-electron chi connectivity index (χ1n) is 7.33. The van der Waals surface area contributed by atoms with Gasteiger partial charge < -0.3 is 15.0 Å². The lowest BCUT2D eigenvalue weighted by atomic mass is 10.0. The summed E-state index contributed by atoms with van der Waals surface area (Å²) in [5, 5.41) is 3.73. The number of halogens is 1. The minimum Gasteiger partial charge on any atom is -0.381 e. The van der Waals surface area contributed by atoms with E-state index in [1.54, 1.807) is 18.2 Å². The molecule has 4 nitrogen and oxygen atoms in total. The van der Waals surface area contributed by atoms with Crippen molar-refractivity contribution in [2.45, 2.75) is 19.4 Å². The molecule has 0 radical (unpaired) electrons. The van der Waals surface area contributed by atoms with Crippen molar-refractivity contribution in [3.8, 4) is 0 Å². The van der Waals surface area contributed by atoms with Crippen LogP contribution < -0.4 is 10.7 Å². The van der Waals surface area contributed by atoms with Crippen molar-refractivity contribution in [1.82, 2.24) is 10.3 Å². The molecule has 3 rings (SSSR count). The number of benzene rings is 1. The topological polar surface area (TPSA) is 54.1 Å². The molecule has 0 aliphatic carbocycles. The van der Waals surface area contributed by atoms with Crippen LogP contribution in [0.3, 0.4) is 0 Å². The summed E-state index contributed by atoms with van der Waals surface area (Å²) < 4.78 is 19.1. The Bertz CT molecular complexity index is 678. The monoisotopic (exact) mass is 290 g/mol. The number of ether oxygens (including phenoxy) is 1. The first-order valence-corrected chi connectivity index (χ1v) is 7.33. The van der Waals surface area contributed by atoms with E-state index in [1.165, 1.54) is 6.07 Å². The number of hydrogen-bond acceptors (Lipinski definition) is 3. The Morgan fingerprint density at radius 1 is 1.33 bits per heavy atom. The molecule has 1 aliphatic heterocycles. The Balaban J connectivity index is 1.69. The first kappa shape index (κ1) is 14.2. The molecular formula is C16H19FN2O2. The Morgan fingerprint density at radius 2 is 2.14 bits per heavy atom. The molecule has 1 aromatic heterocycles. The highest BCUT2D eigenvalue weighted by molar-refractivity contribution is 5.78. The van der Waals surface area contributed by atoms with Gasteiger partial charge in [-0.1, -0.05) is 6.07 Å². The van der Waals surface area contributed by atoms with Crippen molar-refractivity contribution < 1.29 is 9.13 Å². The molecule has 0 spiro atoms. The molecule has 0 atom stereocenters. The minimum atomic E-state index is -0.393. The number of pyridine rings is 1. The van der Waals surface area contributed by atoms with Gasteiger partial charge in [0.2, 0.25) is 0 Å². The number of aromatic nitrogens is 1. The molecule has 1 saturated heterocycles. The predicted molar refractivity (Wildman–Crippen MR) is 79.8 cm³/mol. The molecule has 21 heavy (non-hydrogen) atoms. The standard InChI is InChI=1S/C16H19FN2O2/c17-14-3-1-2-13-15(20)8-12(19-16(13)14)10-18-9-11-4-6-21-7-5-11/h1-3,8,11,18H,4-7,9-10H2,(H,19,20). The van der Waals surface area contributed by atoms with Crippen molar-refractivity contribution in [2.24, 2.45) is 5.92 Å². The van der Waals surface area contributed by atoms with Crippen molar-refractivity contribution in [2.75, 3.05) is 19.8 Å². The van der Waals surface area contributed by atoms with E-state index in [9.17, 15) is 9.18 Å². The van der Waals surface area contributed by atoms with E-state index in [1.807, 2.05) is 0 Å². The zero-order valence-electron chi connectivity index (χ0n) is 11.8. The Kier molecular flexibility index (Phi) is 4.31. The molecule has 2 aromatic rings. The number of aromatic amines is 1. The zero-order chi connectivity index (χ0) is 14.7. The molecule has 0 amide bonds. The molecule has 2 N–H and O–H groups in total. The maximum Gasteiger partial charge on any atom is 0.189 e. The van der Waals surface area contributed by atoms with Crippen molar-refractivity contribution >= 4 is 10.9 Å². The van der Waals surface area contributed by atoms with Gasteiger partial charge >= 0.3 is 0 Å². The number of hydrogen-bond donors (Lipinski definition) is 2. The lowest BCUT2D eigenvalue weighted by Crippen LogP contribution is -2.28. The van der Waals surface area contributed by atoms with Crippen LogP contribution in [0, 0.1) is 11.7 Å². The third kappa shape index (κ3) is 3.31. The van der Waals surface area contributed by atoms with Crippen LogP contribution in [0.4, 0.5) is 4.39 Å². The second-order valence-electron chi connectivity index (χ2n) is 5.51. The van der Waals surface area contributed by atoms with Crippen LogP contribution in [0.25, 0.3) is 10.9 Å². The Labute approximate surface area is 122 Å². The maximum absolute atomic E-state index is 13.8. The summed E-state index contributed by atoms with van der Waals surface area (Å²) in [6.07, 6.45) is 2.13. The smallest absolute Gasteiger partial charge is 0.189 e. The van der Waals surface area contributed by atoms with Gasteiger partial charge in [-0.2, -0.15) is 0 Å². The van der Waals surface area contributed by atoms with E-state index in [-0.39, 0.29) is 10.9 Å². The third-order valence-electron chi connectivity index (χ3n) is 3.96. The van der Waals surface area contributed by atoms with Gasteiger partial charge in [0, 0.05) is 36.9 Å². The lowest BCUT2D eigenvalue weighted by molar-refractivity contribution is 0.0662. The largest absolute Gasteiger partial charge is 0.381 e. The van der Waals surface area contributed by atoms with E-state index < -0.39 is 5.82 Å². The SMILES string of the molecule is O=c1cc(CNCC2CCOCC2)[nH]c2c(F)cccc12. The molecule has 1 aromatic carbocycles. The van der Waals surface area contributed by atoms with Crippen LogP contribution in [-0.4, -0.2) is 24.7 Å². The van der Waals surface area contributed by atoms with Crippen LogP contribution in [0.5, 0.6) is 0 Å². The van der Waals surface area contributed by atoms with Gasteiger partial charge in [-0.05, 0) is 37.4 Å². The second kappa shape index (κ2) is 6.37. The number of para-hydroxylation sites is 1. The molecule has 2 heterocycles. The molecule has 1 aliphatic rings. The molecular weight excluding hydrogens is 271 g/mol. The van der Waals surface area contributed by atoms with E-state index in [0.717, 1.165) is 32.6 Å². The van der Waals surface area contributed by atoms with Gasteiger partial charge in [0.1, 0.15) is 5.82 Å². The number of nitrogens with one attached hydrogen (secondary N) is 2. The average Bonchev–Trinajstić information content (AvgIpc) is 2.50. The third-order valence-corrected chi connectivity index (χ3v) is 3.96. The quantitative estimate of drug-likeness (QED) is 0.907. The summed E-state index contributed by atoms with van der Waals surface area (Å²) in [4.78, 5) is 15.0. The highest BCUT2D eigenvalue weighted by Gasteiger charge is 2.13. The van der Waals surface area contributed by atoms with E-state index >= 15 is 0 Å². The van der Waals surface area contributed by atoms with Crippen LogP contribution in [0.15, 0.2) is 29.1 Å². The molecule has 0 unspecified atom stereocenters. The van der Waals surface area contributed by atoms with E-state index in [2.05, 4.69) is 10.3 Å². The van der Waals surface area contributed by atoms with Gasteiger partial charge in [0.25, 0.3) is 0 Å². The first-order chi connectivity index (χ1) is 10.2. The number of H-pyrrole nitrogens is 1. The van der Waals surface area contributed by atoms with Gasteiger partial charge in [0.05, 0.1) is 5.52 Å². The van der Waals surface area contributed by atoms with Crippen molar-refractivity contribution in [3.05, 3.63) is 46.0 Å². The number of fused-ring (bicyclic) bond motifs is 1. The maximum atomic E-state index is 13.8.